The first-order valence-corrected chi connectivity index (χ1v) is 8.69. The van der Waals surface area contributed by atoms with E-state index in [4.69, 9.17) is 15.4 Å². The first-order valence-electron chi connectivity index (χ1n) is 5.59. The summed E-state index contributed by atoms with van der Waals surface area (Å²) in [7, 11) is 0.831. The lowest BCUT2D eigenvalue weighted by molar-refractivity contribution is 0.272. The maximum absolute atomic E-state index is 13.7. The molecule has 0 amide bonds. The van der Waals surface area contributed by atoms with Crippen molar-refractivity contribution in [2.75, 3.05) is 0 Å². The minimum atomic E-state index is -4.21. The molecule has 3 nitrogen and oxygen atoms in total. The molecule has 0 aliphatic rings. The summed E-state index contributed by atoms with van der Waals surface area (Å²) in [6, 6.07) is 8.24. The van der Waals surface area contributed by atoms with Crippen LogP contribution in [-0.4, -0.2) is 8.42 Å². The number of halogens is 4. The summed E-state index contributed by atoms with van der Waals surface area (Å²) >= 11 is 3.28. The standard InChI is InChI=1S/C13H8BrClF2O3S/c14-10-4-2-1-3-8(10)7-20-13-11(16)5-9(6-12(13)17)21(15,18)19/h1-6H,7H2. The van der Waals surface area contributed by atoms with E-state index >= 15 is 0 Å². The Hall–Kier alpha value is -1.18. The molecule has 0 bridgehead atoms. The fourth-order valence-electron chi connectivity index (χ4n) is 1.58. The van der Waals surface area contributed by atoms with Crippen molar-refractivity contribution in [3.8, 4) is 5.75 Å². The normalized spacial score (nSPS) is 11.4. The second-order valence-electron chi connectivity index (χ2n) is 4.03. The molecule has 0 spiro atoms. The smallest absolute Gasteiger partial charge is 0.261 e. The van der Waals surface area contributed by atoms with Gasteiger partial charge in [-0.3, -0.25) is 0 Å². The van der Waals surface area contributed by atoms with E-state index in [1.165, 1.54) is 0 Å². The van der Waals surface area contributed by atoms with Crippen molar-refractivity contribution in [1.82, 2.24) is 0 Å². The van der Waals surface area contributed by atoms with E-state index in [9.17, 15) is 17.2 Å². The summed E-state index contributed by atoms with van der Waals surface area (Å²) in [6.45, 7) is -0.0811. The van der Waals surface area contributed by atoms with Crippen LogP contribution in [0.25, 0.3) is 0 Å². The highest BCUT2D eigenvalue weighted by Crippen LogP contribution is 2.28. The lowest BCUT2D eigenvalue weighted by atomic mass is 10.2. The topological polar surface area (TPSA) is 43.4 Å². The molecule has 0 radical (unpaired) electrons. The first kappa shape index (κ1) is 16.2. The van der Waals surface area contributed by atoms with Crippen LogP contribution in [-0.2, 0) is 15.7 Å². The summed E-state index contributed by atoms with van der Waals surface area (Å²) in [5.41, 5.74) is 0.686. The molecule has 0 N–H and O–H groups in total. The lowest BCUT2D eigenvalue weighted by Crippen LogP contribution is -2.02. The van der Waals surface area contributed by atoms with Gasteiger partial charge < -0.3 is 4.74 Å². The molecule has 0 unspecified atom stereocenters. The van der Waals surface area contributed by atoms with Gasteiger partial charge in [0.25, 0.3) is 9.05 Å². The Morgan fingerprint density at radius 2 is 1.71 bits per heavy atom. The Morgan fingerprint density at radius 1 is 1.14 bits per heavy atom. The molecule has 0 saturated carbocycles. The van der Waals surface area contributed by atoms with Crippen molar-refractivity contribution in [1.29, 1.82) is 0 Å². The highest BCUT2D eigenvalue weighted by molar-refractivity contribution is 9.10. The second-order valence-corrected chi connectivity index (χ2v) is 7.45. The van der Waals surface area contributed by atoms with Gasteiger partial charge in [0.2, 0.25) is 0 Å². The second kappa shape index (κ2) is 6.29. The highest BCUT2D eigenvalue weighted by Gasteiger charge is 2.19. The monoisotopic (exact) mass is 396 g/mol. The van der Waals surface area contributed by atoms with Gasteiger partial charge in [-0.2, -0.15) is 0 Å². The molecule has 8 heteroatoms. The Kier molecular flexibility index (Phi) is 4.85. The van der Waals surface area contributed by atoms with Crippen LogP contribution in [0.2, 0.25) is 0 Å². The van der Waals surface area contributed by atoms with Crippen molar-refractivity contribution in [2.45, 2.75) is 11.5 Å². The van der Waals surface area contributed by atoms with Crippen LogP contribution in [0, 0.1) is 11.6 Å². The zero-order valence-corrected chi connectivity index (χ0v) is 13.5. The van der Waals surface area contributed by atoms with Crippen LogP contribution in [0.4, 0.5) is 8.78 Å². The van der Waals surface area contributed by atoms with Crippen molar-refractivity contribution in [2.24, 2.45) is 0 Å². The zero-order valence-electron chi connectivity index (χ0n) is 10.3. The van der Waals surface area contributed by atoms with Gasteiger partial charge in [-0.1, -0.05) is 34.1 Å². The molecule has 0 heterocycles. The van der Waals surface area contributed by atoms with Gasteiger partial charge in [0.1, 0.15) is 6.61 Å². The van der Waals surface area contributed by atoms with Gasteiger partial charge in [0, 0.05) is 20.7 Å². The summed E-state index contributed by atoms with van der Waals surface area (Å²) in [5.74, 6) is -2.93. The molecule has 0 saturated heterocycles. The molecule has 112 valence electrons. The van der Waals surface area contributed by atoms with E-state index in [-0.39, 0.29) is 6.61 Å². The molecular formula is C13H8BrClF2O3S. The van der Waals surface area contributed by atoms with E-state index in [1.54, 1.807) is 24.3 Å². The van der Waals surface area contributed by atoms with Crippen molar-refractivity contribution >= 4 is 35.7 Å². The Morgan fingerprint density at radius 3 is 2.24 bits per heavy atom. The molecule has 21 heavy (non-hydrogen) atoms. The van der Waals surface area contributed by atoms with E-state index in [0.29, 0.717) is 17.7 Å². The van der Waals surface area contributed by atoms with Gasteiger partial charge in [-0.05, 0) is 18.2 Å². The number of rotatable bonds is 4. The van der Waals surface area contributed by atoms with Crippen molar-refractivity contribution in [3.63, 3.8) is 0 Å². The molecule has 0 atom stereocenters. The third-order valence-electron chi connectivity index (χ3n) is 2.58. The van der Waals surface area contributed by atoms with Crippen LogP contribution < -0.4 is 4.74 Å². The molecule has 2 aromatic carbocycles. The molecule has 0 aromatic heterocycles. The summed E-state index contributed by atoms with van der Waals surface area (Å²) in [6.07, 6.45) is 0. The molecule has 0 fully saturated rings. The number of hydrogen-bond acceptors (Lipinski definition) is 3. The van der Waals surface area contributed by atoms with Gasteiger partial charge in [0.15, 0.2) is 17.4 Å². The van der Waals surface area contributed by atoms with Gasteiger partial charge in [-0.25, -0.2) is 17.2 Å². The quantitative estimate of drug-likeness (QED) is 0.725. The third kappa shape index (κ3) is 3.93. The van der Waals surface area contributed by atoms with E-state index < -0.39 is 31.3 Å². The lowest BCUT2D eigenvalue weighted by Gasteiger charge is -2.10. The Labute approximate surface area is 133 Å². The van der Waals surface area contributed by atoms with Crippen LogP contribution in [0.5, 0.6) is 5.75 Å². The molecular weight excluding hydrogens is 390 g/mol. The number of hydrogen-bond donors (Lipinski definition) is 0. The van der Waals surface area contributed by atoms with Crippen LogP contribution >= 0.6 is 26.6 Å². The number of benzene rings is 2. The summed E-state index contributed by atoms with van der Waals surface area (Å²) in [4.78, 5) is -0.660. The van der Waals surface area contributed by atoms with Crippen molar-refractivity contribution < 1.29 is 21.9 Å². The first-order chi connectivity index (χ1) is 9.79. The zero-order chi connectivity index (χ0) is 15.6. The van der Waals surface area contributed by atoms with E-state index in [0.717, 1.165) is 4.47 Å². The Bertz CT molecular complexity index is 758. The minimum Gasteiger partial charge on any atom is -0.483 e. The molecule has 0 aliphatic carbocycles. The average Bonchev–Trinajstić information content (AvgIpc) is 2.38. The maximum atomic E-state index is 13.7. The highest BCUT2D eigenvalue weighted by atomic mass is 79.9. The minimum absolute atomic E-state index is 0.0811. The summed E-state index contributed by atoms with van der Waals surface area (Å²) < 4.78 is 55.4. The van der Waals surface area contributed by atoms with Gasteiger partial charge in [0.05, 0.1) is 4.90 Å². The summed E-state index contributed by atoms with van der Waals surface area (Å²) in [5, 5.41) is 0. The van der Waals surface area contributed by atoms with Gasteiger partial charge in [-0.15, -0.1) is 0 Å². The molecule has 0 aliphatic heterocycles. The molecule has 2 aromatic rings. The predicted octanol–water partition coefficient (Wildman–Crippen LogP) is 4.23. The SMILES string of the molecule is O=S(=O)(Cl)c1cc(F)c(OCc2ccccc2Br)c(F)c1. The van der Waals surface area contributed by atoms with Crippen molar-refractivity contribution in [3.05, 3.63) is 58.1 Å². The fraction of sp³-hybridized carbons (Fsp3) is 0.0769. The van der Waals surface area contributed by atoms with E-state index in [1.807, 2.05) is 0 Å². The number of ether oxygens (including phenoxy) is 1. The van der Waals surface area contributed by atoms with Crippen LogP contribution in [0.3, 0.4) is 0 Å². The Balaban J connectivity index is 2.28. The maximum Gasteiger partial charge on any atom is 0.261 e. The molecule has 2 rings (SSSR count). The van der Waals surface area contributed by atoms with E-state index in [2.05, 4.69) is 15.9 Å². The van der Waals surface area contributed by atoms with Crippen LogP contribution in [0.15, 0.2) is 45.8 Å². The third-order valence-corrected chi connectivity index (χ3v) is 4.69. The van der Waals surface area contributed by atoms with Gasteiger partial charge >= 0.3 is 0 Å². The largest absolute Gasteiger partial charge is 0.483 e. The average molecular weight is 398 g/mol. The van der Waals surface area contributed by atoms with Crippen LogP contribution in [0.1, 0.15) is 5.56 Å². The fourth-order valence-corrected chi connectivity index (χ4v) is 2.74. The predicted molar refractivity (Wildman–Crippen MR) is 77.9 cm³/mol.